The summed E-state index contributed by atoms with van der Waals surface area (Å²) in [5, 5.41) is 14.6. The lowest BCUT2D eigenvalue weighted by Crippen LogP contribution is -2.35. The summed E-state index contributed by atoms with van der Waals surface area (Å²) in [5.74, 6) is -0.401. The van der Waals surface area contributed by atoms with Crippen molar-refractivity contribution in [1.82, 2.24) is 10.6 Å². The van der Waals surface area contributed by atoms with Gasteiger partial charge in [-0.1, -0.05) is 12.1 Å². The summed E-state index contributed by atoms with van der Waals surface area (Å²) in [6, 6.07) is 6.70. The third kappa shape index (κ3) is 2.84. The minimum absolute atomic E-state index is 0.0588. The first kappa shape index (κ1) is 12.5. The summed E-state index contributed by atoms with van der Waals surface area (Å²) < 4.78 is 13.7. The average Bonchev–Trinajstić information content (AvgIpc) is 2.77. The van der Waals surface area contributed by atoms with E-state index in [-0.39, 0.29) is 17.5 Å². The SMILES string of the molecule is N#Cc1cccc(CNCC2CCC(=O)N2)c1F. The third-order valence-corrected chi connectivity index (χ3v) is 2.99. The number of carbonyl (C=O) groups excluding carboxylic acids is 1. The number of rotatable bonds is 4. The lowest BCUT2D eigenvalue weighted by molar-refractivity contribution is -0.119. The standard InChI is InChI=1S/C13H14FN3O/c14-13-9(6-15)2-1-3-10(13)7-16-8-11-4-5-12(18)17-11/h1-3,11,16H,4-5,7-8H2,(H,17,18). The Bertz CT molecular complexity index is 495. The van der Waals surface area contributed by atoms with Gasteiger partial charge in [0.15, 0.2) is 0 Å². The molecule has 1 atom stereocenters. The highest BCUT2D eigenvalue weighted by molar-refractivity contribution is 5.78. The molecule has 5 heteroatoms. The zero-order valence-corrected chi connectivity index (χ0v) is 9.87. The average molecular weight is 247 g/mol. The van der Waals surface area contributed by atoms with Crippen LogP contribution < -0.4 is 10.6 Å². The molecule has 94 valence electrons. The first-order chi connectivity index (χ1) is 8.70. The summed E-state index contributed by atoms with van der Waals surface area (Å²) in [7, 11) is 0. The third-order valence-electron chi connectivity index (χ3n) is 2.99. The van der Waals surface area contributed by atoms with Gasteiger partial charge in [0.2, 0.25) is 5.91 Å². The van der Waals surface area contributed by atoms with Crippen LogP contribution in [0.1, 0.15) is 24.0 Å². The van der Waals surface area contributed by atoms with Crippen LogP contribution in [0.5, 0.6) is 0 Å². The van der Waals surface area contributed by atoms with Crippen molar-refractivity contribution in [3.63, 3.8) is 0 Å². The van der Waals surface area contributed by atoms with E-state index in [1.54, 1.807) is 12.1 Å². The molecule has 1 aromatic rings. The van der Waals surface area contributed by atoms with Gasteiger partial charge in [-0.25, -0.2) is 4.39 Å². The molecule has 1 aromatic carbocycles. The highest BCUT2D eigenvalue weighted by Crippen LogP contribution is 2.12. The molecule has 1 unspecified atom stereocenters. The van der Waals surface area contributed by atoms with E-state index in [2.05, 4.69) is 10.6 Å². The van der Waals surface area contributed by atoms with Crippen LogP contribution in [0.2, 0.25) is 0 Å². The van der Waals surface area contributed by atoms with Crippen molar-refractivity contribution in [3.8, 4) is 6.07 Å². The molecular formula is C13H14FN3O. The molecule has 0 bridgehead atoms. The predicted octanol–water partition coefficient (Wildman–Crippen LogP) is 1.07. The van der Waals surface area contributed by atoms with Gasteiger partial charge in [0, 0.05) is 31.1 Å². The molecule has 1 aliphatic heterocycles. The fraction of sp³-hybridized carbons (Fsp3) is 0.385. The molecule has 0 saturated carbocycles. The number of hydrogen-bond donors (Lipinski definition) is 2. The molecule has 0 spiro atoms. The second kappa shape index (κ2) is 5.61. The number of halogens is 1. The Balaban J connectivity index is 1.87. The Hall–Kier alpha value is -1.93. The maximum Gasteiger partial charge on any atom is 0.220 e. The molecule has 1 saturated heterocycles. The van der Waals surface area contributed by atoms with Crippen molar-refractivity contribution in [2.24, 2.45) is 0 Å². The van der Waals surface area contributed by atoms with E-state index in [9.17, 15) is 9.18 Å². The number of nitrogens with zero attached hydrogens (tertiary/aromatic N) is 1. The number of hydrogen-bond acceptors (Lipinski definition) is 3. The molecule has 1 amide bonds. The van der Waals surface area contributed by atoms with E-state index in [0.29, 0.717) is 25.1 Å². The topological polar surface area (TPSA) is 64.9 Å². The molecule has 2 rings (SSSR count). The van der Waals surface area contributed by atoms with Gasteiger partial charge >= 0.3 is 0 Å². The second-order valence-electron chi connectivity index (χ2n) is 4.32. The van der Waals surface area contributed by atoms with Crippen LogP contribution in [0.15, 0.2) is 18.2 Å². The monoisotopic (exact) mass is 247 g/mol. The first-order valence-electron chi connectivity index (χ1n) is 5.88. The first-order valence-corrected chi connectivity index (χ1v) is 5.88. The van der Waals surface area contributed by atoms with Crippen LogP contribution >= 0.6 is 0 Å². The van der Waals surface area contributed by atoms with Crippen LogP contribution in [0.4, 0.5) is 4.39 Å². The van der Waals surface area contributed by atoms with E-state index in [1.807, 2.05) is 6.07 Å². The molecular weight excluding hydrogens is 233 g/mol. The number of amides is 1. The maximum absolute atomic E-state index is 13.7. The summed E-state index contributed by atoms with van der Waals surface area (Å²) in [6.07, 6.45) is 1.37. The van der Waals surface area contributed by atoms with Gasteiger partial charge in [-0.05, 0) is 12.5 Å². The molecule has 0 aliphatic carbocycles. The van der Waals surface area contributed by atoms with Crippen molar-refractivity contribution in [2.75, 3.05) is 6.54 Å². The van der Waals surface area contributed by atoms with Crippen molar-refractivity contribution in [3.05, 3.63) is 35.1 Å². The van der Waals surface area contributed by atoms with E-state index in [0.717, 1.165) is 6.42 Å². The Kier molecular flexibility index (Phi) is 3.90. The summed E-state index contributed by atoms with van der Waals surface area (Å²) in [4.78, 5) is 11.0. The van der Waals surface area contributed by atoms with Gasteiger partial charge in [0.25, 0.3) is 0 Å². The minimum atomic E-state index is -0.469. The summed E-state index contributed by atoms with van der Waals surface area (Å²) in [5.41, 5.74) is 0.529. The van der Waals surface area contributed by atoms with Gasteiger partial charge in [0.1, 0.15) is 11.9 Å². The summed E-state index contributed by atoms with van der Waals surface area (Å²) >= 11 is 0. The quantitative estimate of drug-likeness (QED) is 0.836. The predicted molar refractivity (Wildman–Crippen MR) is 64.0 cm³/mol. The second-order valence-corrected chi connectivity index (χ2v) is 4.32. The number of nitriles is 1. The van der Waals surface area contributed by atoms with Crippen LogP contribution in [-0.4, -0.2) is 18.5 Å². The van der Waals surface area contributed by atoms with Crippen molar-refractivity contribution < 1.29 is 9.18 Å². The number of benzene rings is 1. The van der Waals surface area contributed by atoms with E-state index in [1.165, 1.54) is 6.07 Å². The van der Waals surface area contributed by atoms with E-state index in [4.69, 9.17) is 5.26 Å². The fourth-order valence-corrected chi connectivity index (χ4v) is 2.01. The van der Waals surface area contributed by atoms with Crippen LogP contribution in [0.3, 0.4) is 0 Å². The summed E-state index contributed by atoms with van der Waals surface area (Å²) in [6.45, 7) is 0.968. The van der Waals surface area contributed by atoms with Crippen molar-refractivity contribution in [2.45, 2.75) is 25.4 Å². The van der Waals surface area contributed by atoms with Crippen LogP contribution in [0, 0.1) is 17.1 Å². The highest BCUT2D eigenvalue weighted by atomic mass is 19.1. The maximum atomic E-state index is 13.7. The van der Waals surface area contributed by atoms with Gasteiger partial charge in [-0.2, -0.15) is 5.26 Å². The van der Waals surface area contributed by atoms with E-state index < -0.39 is 5.82 Å². The molecule has 1 fully saturated rings. The zero-order chi connectivity index (χ0) is 13.0. The van der Waals surface area contributed by atoms with Crippen molar-refractivity contribution >= 4 is 5.91 Å². The number of nitrogens with one attached hydrogen (secondary N) is 2. The van der Waals surface area contributed by atoms with Crippen LogP contribution in [-0.2, 0) is 11.3 Å². The Morgan fingerprint density at radius 2 is 2.39 bits per heavy atom. The lowest BCUT2D eigenvalue weighted by atomic mass is 10.1. The van der Waals surface area contributed by atoms with Gasteiger partial charge in [0.05, 0.1) is 5.56 Å². The molecule has 1 aliphatic rings. The van der Waals surface area contributed by atoms with E-state index >= 15 is 0 Å². The molecule has 0 radical (unpaired) electrons. The molecule has 4 nitrogen and oxygen atoms in total. The highest BCUT2D eigenvalue weighted by Gasteiger charge is 2.20. The molecule has 18 heavy (non-hydrogen) atoms. The normalized spacial score (nSPS) is 18.4. The smallest absolute Gasteiger partial charge is 0.220 e. The minimum Gasteiger partial charge on any atom is -0.352 e. The Labute approximate surface area is 105 Å². The molecule has 2 N–H and O–H groups in total. The Morgan fingerprint density at radius 1 is 1.56 bits per heavy atom. The largest absolute Gasteiger partial charge is 0.352 e. The van der Waals surface area contributed by atoms with Gasteiger partial charge < -0.3 is 10.6 Å². The van der Waals surface area contributed by atoms with Gasteiger partial charge in [-0.15, -0.1) is 0 Å². The van der Waals surface area contributed by atoms with Crippen LogP contribution in [0.25, 0.3) is 0 Å². The van der Waals surface area contributed by atoms with Crippen molar-refractivity contribution in [1.29, 1.82) is 5.26 Å². The number of carbonyl (C=O) groups is 1. The molecule has 0 aromatic heterocycles. The zero-order valence-electron chi connectivity index (χ0n) is 9.87. The van der Waals surface area contributed by atoms with Gasteiger partial charge in [-0.3, -0.25) is 4.79 Å². The molecule has 1 heterocycles. The fourth-order valence-electron chi connectivity index (χ4n) is 2.01. The Morgan fingerprint density at radius 3 is 3.06 bits per heavy atom. The lowest BCUT2D eigenvalue weighted by Gasteiger charge is -2.11.